The summed E-state index contributed by atoms with van der Waals surface area (Å²) in [6.07, 6.45) is 3.15. The molecule has 2 aliphatic rings. The minimum Gasteiger partial charge on any atom is -0.493 e. The van der Waals surface area contributed by atoms with E-state index < -0.39 is 0 Å². The van der Waals surface area contributed by atoms with Gasteiger partial charge in [-0.1, -0.05) is 11.6 Å². The van der Waals surface area contributed by atoms with Crippen molar-refractivity contribution in [2.24, 2.45) is 0 Å². The minimum atomic E-state index is -0.157. The van der Waals surface area contributed by atoms with Crippen LogP contribution in [-0.4, -0.2) is 25.7 Å². The number of hydrogen-bond acceptors (Lipinski definition) is 3. The Hall–Kier alpha value is -2.46. The number of H-pyrrole nitrogens is 1. The van der Waals surface area contributed by atoms with Gasteiger partial charge in [-0.25, -0.2) is 0 Å². The smallest absolute Gasteiger partial charge is 0.161 e. The molecule has 1 aliphatic heterocycles. The van der Waals surface area contributed by atoms with Crippen LogP contribution in [0.4, 0.5) is 0 Å². The Morgan fingerprint density at radius 2 is 1.81 bits per heavy atom. The lowest BCUT2D eigenvalue weighted by atomic mass is 9.82. The number of benzene rings is 2. The van der Waals surface area contributed by atoms with Gasteiger partial charge in [-0.3, -0.25) is 0 Å². The van der Waals surface area contributed by atoms with Crippen LogP contribution in [0.2, 0.25) is 0 Å². The highest BCUT2D eigenvalue weighted by atomic mass is 16.5. The normalized spacial score (nSPS) is 21.0. The van der Waals surface area contributed by atoms with Gasteiger partial charge in [-0.15, -0.1) is 0 Å². The maximum atomic E-state index is 5.60. The van der Waals surface area contributed by atoms with Crippen molar-refractivity contribution in [3.63, 3.8) is 0 Å². The van der Waals surface area contributed by atoms with E-state index in [0.717, 1.165) is 37.3 Å². The third kappa shape index (κ3) is 1.99. The van der Waals surface area contributed by atoms with E-state index in [4.69, 9.17) is 9.47 Å². The van der Waals surface area contributed by atoms with Crippen molar-refractivity contribution in [2.45, 2.75) is 31.7 Å². The summed E-state index contributed by atoms with van der Waals surface area (Å²) in [7, 11) is 3.41. The van der Waals surface area contributed by atoms with Gasteiger partial charge in [0.2, 0.25) is 0 Å². The Bertz CT molecular complexity index is 1020. The van der Waals surface area contributed by atoms with Crippen LogP contribution >= 0.6 is 0 Å². The van der Waals surface area contributed by atoms with Crippen molar-refractivity contribution < 1.29 is 9.47 Å². The van der Waals surface area contributed by atoms with E-state index >= 15 is 0 Å². The Kier molecular flexibility index (Phi) is 3.35. The molecule has 0 bridgehead atoms. The Morgan fingerprint density at radius 1 is 1.00 bits per heavy atom. The van der Waals surface area contributed by atoms with Gasteiger partial charge in [0, 0.05) is 23.1 Å². The molecular formula is C22H24N2O2. The zero-order valence-corrected chi connectivity index (χ0v) is 15.5. The molecule has 134 valence electrons. The summed E-state index contributed by atoms with van der Waals surface area (Å²) in [6, 6.07) is 11.0. The maximum absolute atomic E-state index is 5.60. The second-order valence-corrected chi connectivity index (χ2v) is 7.47. The van der Waals surface area contributed by atoms with Crippen LogP contribution in [0, 0.1) is 6.92 Å². The SMILES string of the molecule is COc1cc2c(cc1OC)C1(CC2)NCCc2c1[nH]c1ccc(C)cc21. The summed E-state index contributed by atoms with van der Waals surface area (Å²) in [5.41, 5.74) is 7.84. The molecule has 4 heteroatoms. The summed E-state index contributed by atoms with van der Waals surface area (Å²) < 4.78 is 11.1. The maximum Gasteiger partial charge on any atom is 0.161 e. The number of methoxy groups -OCH3 is 2. The van der Waals surface area contributed by atoms with Gasteiger partial charge >= 0.3 is 0 Å². The Morgan fingerprint density at radius 3 is 2.62 bits per heavy atom. The average Bonchev–Trinajstić information content (AvgIpc) is 3.20. The third-order valence-corrected chi connectivity index (χ3v) is 6.13. The zero-order valence-electron chi connectivity index (χ0n) is 15.5. The van der Waals surface area contributed by atoms with Crippen LogP contribution in [0.3, 0.4) is 0 Å². The topological polar surface area (TPSA) is 46.3 Å². The van der Waals surface area contributed by atoms with Gasteiger partial charge in [0.05, 0.1) is 19.8 Å². The molecule has 4 nitrogen and oxygen atoms in total. The monoisotopic (exact) mass is 348 g/mol. The summed E-state index contributed by atoms with van der Waals surface area (Å²) >= 11 is 0. The molecule has 2 heterocycles. The molecule has 0 radical (unpaired) electrons. The predicted molar refractivity (Wildman–Crippen MR) is 103 cm³/mol. The lowest BCUT2D eigenvalue weighted by Gasteiger charge is -2.36. The van der Waals surface area contributed by atoms with E-state index in [1.165, 1.54) is 38.9 Å². The molecule has 1 atom stereocenters. The lowest BCUT2D eigenvalue weighted by Crippen LogP contribution is -2.46. The molecule has 0 amide bonds. The number of hydrogen-bond donors (Lipinski definition) is 2. The minimum absolute atomic E-state index is 0.157. The van der Waals surface area contributed by atoms with Gasteiger partial charge in [-0.2, -0.15) is 0 Å². The number of aromatic amines is 1. The summed E-state index contributed by atoms with van der Waals surface area (Å²) in [6.45, 7) is 3.15. The van der Waals surface area contributed by atoms with E-state index in [2.05, 4.69) is 47.6 Å². The molecule has 26 heavy (non-hydrogen) atoms. The average molecular weight is 348 g/mol. The third-order valence-electron chi connectivity index (χ3n) is 6.13. The highest BCUT2D eigenvalue weighted by Crippen LogP contribution is 2.49. The summed E-state index contributed by atoms with van der Waals surface area (Å²) in [5.74, 6) is 1.61. The number of aromatic nitrogens is 1. The van der Waals surface area contributed by atoms with Crippen LogP contribution in [0.1, 0.15) is 34.4 Å². The predicted octanol–water partition coefficient (Wildman–Crippen LogP) is 3.83. The van der Waals surface area contributed by atoms with Crippen LogP contribution in [0.15, 0.2) is 30.3 Å². The molecule has 1 unspecified atom stereocenters. The van der Waals surface area contributed by atoms with E-state index in [0.29, 0.717) is 0 Å². The molecule has 2 N–H and O–H groups in total. The summed E-state index contributed by atoms with van der Waals surface area (Å²) in [5, 5.41) is 5.21. The van der Waals surface area contributed by atoms with E-state index in [1.807, 2.05) is 0 Å². The zero-order chi connectivity index (χ0) is 17.9. The quantitative estimate of drug-likeness (QED) is 0.740. The standard InChI is InChI=1S/C22H24N2O2/c1-13-4-5-18-16(10-13)15-7-9-23-22(21(15)24-18)8-6-14-11-19(25-2)20(26-3)12-17(14)22/h4-5,10-12,23-24H,6-9H2,1-3H3. The molecule has 0 saturated carbocycles. The van der Waals surface area contributed by atoms with Gasteiger partial charge < -0.3 is 19.8 Å². The van der Waals surface area contributed by atoms with Crippen LogP contribution in [-0.2, 0) is 18.4 Å². The lowest BCUT2D eigenvalue weighted by molar-refractivity contribution is 0.349. The first-order valence-corrected chi connectivity index (χ1v) is 9.28. The van der Waals surface area contributed by atoms with Crippen LogP contribution < -0.4 is 14.8 Å². The molecule has 1 aromatic heterocycles. The molecule has 1 aliphatic carbocycles. The van der Waals surface area contributed by atoms with Crippen molar-refractivity contribution in [2.75, 3.05) is 20.8 Å². The highest BCUT2D eigenvalue weighted by molar-refractivity contribution is 5.86. The summed E-state index contributed by atoms with van der Waals surface area (Å²) in [4.78, 5) is 3.75. The van der Waals surface area contributed by atoms with E-state index in [-0.39, 0.29) is 5.54 Å². The molecule has 3 aromatic rings. The second-order valence-electron chi connectivity index (χ2n) is 7.47. The fourth-order valence-electron chi connectivity index (χ4n) is 4.90. The van der Waals surface area contributed by atoms with Gasteiger partial charge in [0.1, 0.15) is 0 Å². The van der Waals surface area contributed by atoms with Gasteiger partial charge in [0.25, 0.3) is 0 Å². The number of fused-ring (bicyclic) bond motifs is 6. The molecule has 1 spiro atoms. The molecule has 0 fully saturated rings. The number of nitrogens with one attached hydrogen (secondary N) is 2. The number of ether oxygens (including phenoxy) is 2. The molecule has 5 rings (SSSR count). The fourth-order valence-corrected chi connectivity index (χ4v) is 4.90. The van der Waals surface area contributed by atoms with Crippen LogP contribution in [0.25, 0.3) is 10.9 Å². The molecule has 2 aromatic carbocycles. The van der Waals surface area contributed by atoms with Gasteiger partial charge in [-0.05, 0) is 67.1 Å². The van der Waals surface area contributed by atoms with Crippen molar-refractivity contribution in [1.82, 2.24) is 10.3 Å². The highest BCUT2D eigenvalue weighted by Gasteiger charge is 2.45. The first-order chi connectivity index (χ1) is 12.7. The Balaban J connectivity index is 1.76. The van der Waals surface area contributed by atoms with E-state index in [1.54, 1.807) is 14.2 Å². The number of aryl methyl sites for hydroxylation is 2. The van der Waals surface area contributed by atoms with Crippen molar-refractivity contribution in [3.8, 4) is 11.5 Å². The van der Waals surface area contributed by atoms with Crippen LogP contribution in [0.5, 0.6) is 11.5 Å². The fraction of sp³-hybridized carbons (Fsp3) is 0.364. The number of rotatable bonds is 2. The Labute approximate surface area is 153 Å². The molecular weight excluding hydrogens is 324 g/mol. The van der Waals surface area contributed by atoms with Crippen molar-refractivity contribution >= 4 is 10.9 Å². The van der Waals surface area contributed by atoms with E-state index in [9.17, 15) is 0 Å². The molecule has 0 saturated heterocycles. The van der Waals surface area contributed by atoms with Crippen molar-refractivity contribution in [1.29, 1.82) is 0 Å². The largest absolute Gasteiger partial charge is 0.493 e. The first kappa shape index (κ1) is 15.8. The van der Waals surface area contributed by atoms with Gasteiger partial charge in [0.15, 0.2) is 11.5 Å². The van der Waals surface area contributed by atoms with Crippen molar-refractivity contribution in [3.05, 3.63) is 58.3 Å². The first-order valence-electron chi connectivity index (χ1n) is 9.28. The second kappa shape index (κ2) is 5.52.